The third kappa shape index (κ3) is 8.08. The van der Waals surface area contributed by atoms with Crippen molar-refractivity contribution in [1.82, 2.24) is 25.3 Å². The van der Waals surface area contributed by atoms with Gasteiger partial charge < -0.3 is 29.4 Å². The normalized spacial score (nSPS) is 17.3. The van der Waals surface area contributed by atoms with Crippen molar-refractivity contribution in [3.8, 4) is 0 Å². The van der Waals surface area contributed by atoms with Crippen LogP contribution in [0.5, 0.6) is 0 Å². The van der Waals surface area contributed by atoms with Gasteiger partial charge in [-0.05, 0) is 85.1 Å². The van der Waals surface area contributed by atoms with E-state index >= 15 is 0 Å². The quantitative estimate of drug-likeness (QED) is 0.505. The highest BCUT2D eigenvalue weighted by Crippen LogP contribution is 2.27. The molecule has 1 fully saturated rings. The zero-order valence-electron chi connectivity index (χ0n) is 24.0. The lowest BCUT2D eigenvalue weighted by Crippen LogP contribution is -2.54. The van der Waals surface area contributed by atoms with Crippen molar-refractivity contribution in [2.24, 2.45) is 0 Å². The van der Waals surface area contributed by atoms with E-state index in [2.05, 4.69) is 45.6 Å². The van der Waals surface area contributed by atoms with E-state index in [0.717, 1.165) is 36.4 Å². The number of ether oxygens (including phenoxy) is 2. The van der Waals surface area contributed by atoms with E-state index in [-0.39, 0.29) is 30.1 Å². The molecule has 2 N–H and O–H groups in total. The first kappa shape index (κ1) is 29.2. The maximum atomic E-state index is 12.4. The molecule has 11 heteroatoms. The molecule has 1 aromatic carbocycles. The number of nitrogens with one attached hydrogen (secondary N) is 2. The Labute approximate surface area is 225 Å². The molecule has 0 bridgehead atoms. The zero-order chi connectivity index (χ0) is 28.2. The number of hydrogen-bond donors (Lipinski definition) is 2. The second-order valence-corrected chi connectivity index (χ2v) is 11.2. The van der Waals surface area contributed by atoms with Gasteiger partial charge in [0.1, 0.15) is 11.6 Å². The van der Waals surface area contributed by atoms with Crippen molar-refractivity contribution >= 4 is 23.9 Å². The van der Waals surface area contributed by atoms with Crippen molar-refractivity contribution in [1.29, 1.82) is 0 Å². The Balaban J connectivity index is 1.64. The van der Waals surface area contributed by atoms with E-state index in [9.17, 15) is 9.59 Å². The summed E-state index contributed by atoms with van der Waals surface area (Å²) in [6, 6.07) is 4.00. The van der Waals surface area contributed by atoms with Crippen LogP contribution in [0.4, 0.5) is 21.3 Å². The SMILES string of the molecule is Cc1cc(CN2CCN(C(=O)OC(C)C)[C@@H](C)C2)c(C)c(Nc2nnc([C@@H](C)NC(=O)OC(C)(C)C)o2)c1. The minimum absolute atomic E-state index is 0.0609. The number of rotatable bonds is 7. The second-order valence-electron chi connectivity index (χ2n) is 11.2. The average Bonchev–Trinajstić information content (AvgIpc) is 3.24. The Morgan fingerprint density at radius 2 is 1.87 bits per heavy atom. The number of aromatic nitrogens is 2. The van der Waals surface area contributed by atoms with Gasteiger partial charge in [0.25, 0.3) is 0 Å². The van der Waals surface area contributed by atoms with Gasteiger partial charge in [-0.25, -0.2) is 9.59 Å². The van der Waals surface area contributed by atoms with E-state index in [1.54, 1.807) is 32.6 Å². The first-order chi connectivity index (χ1) is 17.7. The van der Waals surface area contributed by atoms with Crippen LogP contribution in [0, 0.1) is 13.8 Å². The number of alkyl carbamates (subject to hydrolysis) is 1. The summed E-state index contributed by atoms with van der Waals surface area (Å²) < 4.78 is 16.5. The number of anilines is 2. The fourth-order valence-corrected chi connectivity index (χ4v) is 4.31. The summed E-state index contributed by atoms with van der Waals surface area (Å²) in [5, 5.41) is 14.1. The number of aryl methyl sites for hydroxylation is 1. The van der Waals surface area contributed by atoms with Gasteiger partial charge in [-0.1, -0.05) is 11.2 Å². The minimum atomic E-state index is -0.600. The highest BCUT2D eigenvalue weighted by Gasteiger charge is 2.29. The molecule has 0 aliphatic carbocycles. The predicted octanol–water partition coefficient (Wildman–Crippen LogP) is 5.07. The zero-order valence-corrected chi connectivity index (χ0v) is 24.0. The fraction of sp³-hybridized carbons (Fsp3) is 0.630. The molecular formula is C27H42N6O5. The Hall–Kier alpha value is -3.34. The van der Waals surface area contributed by atoms with Crippen LogP contribution in [0.3, 0.4) is 0 Å². The Bertz CT molecular complexity index is 1130. The molecule has 210 valence electrons. The molecule has 11 nitrogen and oxygen atoms in total. The maximum absolute atomic E-state index is 12.4. The number of hydrogen-bond acceptors (Lipinski definition) is 9. The van der Waals surface area contributed by atoms with Crippen molar-refractivity contribution in [2.75, 3.05) is 25.0 Å². The van der Waals surface area contributed by atoms with Gasteiger partial charge in [0.2, 0.25) is 5.89 Å². The molecule has 38 heavy (non-hydrogen) atoms. The molecule has 1 saturated heterocycles. The van der Waals surface area contributed by atoms with Crippen LogP contribution in [0.2, 0.25) is 0 Å². The summed E-state index contributed by atoms with van der Waals surface area (Å²) in [5.41, 5.74) is 3.62. The van der Waals surface area contributed by atoms with E-state index in [1.807, 2.05) is 26.8 Å². The molecule has 2 aromatic rings. The van der Waals surface area contributed by atoms with Crippen LogP contribution in [0.25, 0.3) is 0 Å². The smallest absolute Gasteiger partial charge is 0.410 e. The molecule has 2 heterocycles. The van der Waals surface area contributed by atoms with Crippen molar-refractivity contribution < 1.29 is 23.5 Å². The number of amides is 2. The molecule has 0 saturated carbocycles. The van der Waals surface area contributed by atoms with Gasteiger partial charge in [0.05, 0.1) is 6.10 Å². The largest absolute Gasteiger partial charge is 0.447 e. The fourth-order valence-electron chi connectivity index (χ4n) is 4.31. The number of benzene rings is 1. The predicted molar refractivity (Wildman–Crippen MR) is 144 cm³/mol. The van der Waals surface area contributed by atoms with Gasteiger partial charge >= 0.3 is 18.2 Å². The highest BCUT2D eigenvalue weighted by molar-refractivity contribution is 5.68. The van der Waals surface area contributed by atoms with Gasteiger partial charge in [0, 0.05) is 37.9 Å². The summed E-state index contributed by atoms with van der Waals surface area (Å²) in [4.78, 5) is 28.6. The number of nitrogens with zero attached hydrogens (tertiary/aromatic N) is 4. The number of piperazine rings is 1. The Morgan fingerprint density at radius 3 is 2.50 bits per heavy atom. The summed E-state index contributed by atoms with van der Waals surface area (Å²) in [6.07, 6.45) is -0.934. The van der Waals surface area contributed by atoms with Gasteiger partial charge in [-0.15, -0.1) is 5.10 Å². The van der Waals surface area contributed by atoms with Crippen LogP contribution in [-0.4, -0.2) is 69.6 Å². The van der Waals surface area contributed by atoms with E-state index < -0.39 is 17.7 Å². The molecule has 2 amide bonds. The number of carbonyl (C=O) groups excluding carboxylic acids is 2. The maximum Gasteiger partial charge on any atom is 0.410 e. The van der Waals surface area contributed by atoms with Crippen LogP contribution in [0.15, 0.2) is 16.5 Å². The highest BCUT2D eigenvalue weighted by atomic mass is 16.6. The Kier molecular flexibility index (Phi) is 9.24. The monoisotopic (exact) mass is 530 g/mol. The molecular weight excluding hydrogens is 488 g/mol. The minimum Gasteiger partial charge on any atom is -0.447 e. The third-order valence-corrected chi connectivity index (χ3v) is 6.12. The molecule has 0 unspecified atom stereocenters. The van der Waals surface area contributed by atoms with E-state index in [1.165, 1.54) is 5.56 Å². The van der Waals surface area contributed by atoms with E-state index in [4.69, 9.17) is 13.9 Å². The molecule has 1 aromatic heterocycles. The molecule has 0 spiro atoms. The third-order valence-electron chi connectivity index (χ3n) is 6.12. The van der Waals surface area contributed by atoms with Crippen molar-refractivity contribution in [3.63, 3.8) is 0 Å². The second kappa shape index (κ2) is 12.0. The number of carbonyl (C=O) groups is 2. The summed E-state index contributed by atoms with van der Waals surface area (Å²) in [7, 11) is 0. The standard InChI is InChI=1S/C27H42N6O5/c1-16(2)36-26(35)33-11-10-32(14-18(33)4)15-21-12-17(3)13-22(19(21)5)29-24-31-30-23(37-24)20(6)28-25(34)38-27(7,8)9/h12-13,16,18,20H,10-11,14-15H2,1-9H3,(H,28,34)(H,29,31)/t18-,20+/m0/s1. The van der Waals surface area contributed by atoms with Crippen LogP contribution in [0.1, 0.15) is 77.1 Å². The lowest BCUT2D eigenvalue weighted by atomic mass is 10.0. The lowest BCUT2D eigenvalue weighted by Gasteiger charge is -2.39. The average molecular weight is 531 g/mol. The van der Waals surface area contributed by atoms with Gasteiger partial charge in [-0.2, -0.15) is 0 Å². The van der Waals surface area contributed by atoms with Crippen molar-refractivity contribution in [2.45, 2.75) is 92.6 Å². The summed E-state index contributed by atoms with van der Waals surface area (Å²) in [5.74, 6) is 0.270. The summed E-state index contributed by atoms with van der Waals surface area (Å²) in [6.45, 7) is 19.9. The van der Waals surface area contributed by atoms with Gasteiger partial charge in [0.15, 0.2) is 0 Å². The topological polar surface area (TPSA) is 122 Å². The molecule has 2 atom stereocenters. The summed E-state index contributed by atoms with van der Waals surface area (Å²) >= 11 is 0. The van der Waals surface area contributed by atoms with Crippen molar-refractivity contribution in [3.05, 3.63) is 34.7 Å². The Morgan fingerprint density at radius 1 is 1.16 bits per heavy atom. The first-order valence-corrected chi connectivity index (χ1v) is 13.1. The van der Waals surface area contributed by atoms with Gasteiger partial charge in [-0.3, -0.25) is 4.90 Å². The molecule has 3 rings (SSSR count). The molecule has 1 aliphatic rings. The van der Waals surface area contributed by atoms with Crippen LogP contribution >= 0.6 is 0 Å². The van der Waals surface area contributed by atoms with E-state index in [0.29, 0.717) is 6.54 Å². The van der Waals surface area contributed by atoms with Crippen LogP contribution in [-0.2, 0) is 16.0 Å². The first-order valence-electron chi connectivity index (χ1n) is 13.1. The molecule has 1 aliphatic heterocycles. The molecule has 0 radical (unpaired) electrons. The van der Waals surface area contributed by atoms with Crippen LogP contribution < -0.4 is 10.6 Å². The lowest BCUT2D eigenvalue weighted by molar-refractivity contribution is 0.0348.